The van der Waals surface area contributed by atoms with Gasteiger partial charge in [-0.05, 0) is 12.1 Å². The van der Waals surface area contributed by atoms with E-state index in [-0.39, 0.29) is 11.1 Å². The van der Waals surface area contributed by atoms with E-state index >= 15 is 0 Å². The van der Waals surface area contributed by atoms with E-state index in [2.05, 4.69) is 4.98 Å². The summed E-state index contributed by atoms with van der Waals surface area (Å²) in [7, 11) is 0. The van der Waals surface area contributed by atoms with Crippen LogP contribution in [0, 0.1) is 0 Å². The molecule has 20 heavy (non-hydrogen) atoms. The molecule has 0 atom stereocenters. The van der Waals surface area contributed by atoms with Gasteiger partial charge in [-0.2, -0.15) is 13.2 Å². The Labute approximate surface area is 114 Å². The van der Waals surface area contributed by atoms with E-state index < -0.39 is 40.1 Å². The molecular weight excluding hydrogens is 299 g/mol. The number of carbonyl (C=O) groups is 1. The number of alkyl halides is 4. The number of halogens is 4. The largest absolute Gasteiger partial charge is 0.477 e. The van der Waals surface area contributed by atoms with Gasteiger partial charge in [0.25, 0.3) is 0 Å². The van der Waals surface area contributed by atoms with Gasteiger partial charge in [-0.15, -0.1) is 11.6 Å². The maximum absolute atomic E-state index is 12.9. The molecule has 0 aliphatic rings. The Hall–Kier alpha value is -2.02. The normalized spacial score (nSPS) is 11.8. The molecule has 0 amide bonds. The molecule has 1 aromatic carbocycles. The number of carboxylic acids is 1. The standard InChI is InChI=1S/C12H7ClF3NO3/c13-4-7-8(11(19)20)10(18)5-2-1-3-6(9(5)17-7)12(14,15)16/h1-3H,4H2,(H,17,18)(H,19,20). The number of benzene rings is 1. The lowest BCUT2D eigenvalue weighted by molar-refractivity contribution is -0.136. The van der Waals surface area contributed by atoms with Gasteiger partial charge in [0, 0.05) is 11.1 Å². The quantitative estimate of drug-likeness (QED) is 0.838. The lowest BCUT2D eigenvalue weighted by Crippen LogP contribution is -2.20. The predicted molar refractivity (Wildman–Crippen MR) is 66.1 cm³/mol. The number of rotatable bonds is 2. The summed E-state index contributed by atoms with van der Waals surface area (Å²) in [5.74, 6) is -1.96. The summed E-state index contributed by atoms with van der Waals surface area (Å²) < 4.78 is 38.6. The van der Waals surface area contributed by atoms with E-state index in [1.807, 2.05) is 0 Å². The molecule has 0 radical (unpaired) electrons. The number of H-pyrrole nitrogens is 1. The highest BCUT2D eigenvalue weighted by Crippen LogP contribution is 2.33. The van der Waals surface area contributed by atoms with Crippen molar-refractivity contribution in [1.29, 1.82) is 0 Å². The van der Waals surface area contributed by atoms with Crippen LogP contribution in [0.25, 0.3) is 10.9 Å². The summed E-state index contributed by atoms with van der Waals surface area (Å²) in [4.78, 5) is 25.3. The molecule has 4 nitrogen and oxygen atoms in total. The fraction of sp³-hybridized carbons (Fsp3) is 0.167. The lowest BCUT2D eigenvalue weighted by atomic mass is 10.0. The van der Waals surface area contributed by atoms with Crippen LogP contribution in [-0.4, -0.2) is 16.1 Å². The van der Waals surface area contributed by atoms with Crippen LogP contribution in [0.3, 0.4) is 0 Å². The van der Waals surface area contributed by atoms with Crippen LogP contribution >= 0.6 is 11.6 Å². The van der Waals surface area contributed by atoms with Gasteiger partial charge in [0.2, 0.25) is 5.43 Å². The third-order valence-corrected chi connectivity index (χ3v) is 3.03. The SMILES string of the molecule is O=C(O)c1c(CCl)[nH]c2c(C(F)(F)F)cccc2c1=O. The maximum Gasteiger partial charge on any atom is 0.418 e. The second-order valence-corrected chi connectivity index (χ2v) is 4.24. The molecular formula is C12H7ClF3NO3. The molecule has 8 heteroatoms. The molecule has 0 unspecified atom stereocenters. The summed E-state index contributed by atoms with van der Waals surface area (Å²) in [5, 5.41) is 8.62. The number of hydrogen-bond acceptors (Lipinski definition) is 2. The lowest BCUT2D eigenvalue weighted by Gasteiger charge is -2.12. The highest BCUT2D eigenvalue weighted by molar-refractivity contribution is 6.17. The van der Waals surface area contributed by atoms with Crippen LogP contribution in [0.1, 0.15) is 21.6 Å². The molecule has 2 N–H and O–H groups in total. The molecule has 0 spiro atoms. The molecule has 0 bridgehead atoms. The number of para-hydroxylation sites is 1. The van der Waals surface area contributed by atoms with Crippen molar-refractivity contribution in [1.82, 2.24) is 4.98 Å². The first kappa shape index (κ1) is 14.4. The Morgan fingerprint density at radius 3 is 2.50 bits per heavy atom. The minimum Gasteiger partial charge on any atom is -0.477 e. The van der Waals surface area contributed by atoms with Crippen molar-refractivity contribution in [3.8, 4) is 0 Å². The highest BCUT2D eigenvalue weighted by atomic mass is 35.5. The van der Waals surface area contributed by atoms with Crippen LogP contribution in [0.2, 0.25) is 0 Å². The van der Waals surface area contributed by atoms with E-state index in [0.717, 1.165) is 18.2 Å². The average molecular weight is 306 g/mol. The fourth-order valence-corrected chi connectivity index (χ4v) is 2.12. The number of nitrogens with one attached hydrogen (secondary N) is 1. The first-order valence-electron chi connectivity index (χ1n) is 5.31. The number of carboxylic acid groups (broad SMARTS) is 1. The summed E-state index contributed by atoms with van der Waals surface area (Å²) in [6.45, 7) is 0. The van der Waals surface area contributed by atoms with Gasteiger partial charge in [0.15, 0.2) is 0 Å². The van der Waals surface area contributed by atoms with Gasteiger partial charge in [-0.3, -0.25) is 4.79 Å². The van der Waals surface area contributed by atoms with Crippen molar-refractivity contribution in [3.05, 3.63) is 45.2 Å². The van der Waals surface area contributed by atoms with Crippen molar-refractivity contribution in [3.63, 3.8) is 0 Å². The zero-order valence-corrected chi connectivity index (χ0v) is 10.5. The zero-order valence-electron chi connectivity index (χ0n) is 9.71. The third kappa shape index (κ3) is 2.24. The van der Waals surface area contributed by atoms with Crippen LogP contribution in [0.15, 0.2) is 23.0 Å². The number of aromatic carboxylic acids is 1. The van der Waals surface area contributed by atoms with Crippen LogP contribution in [0.5, 0.6) is 0 Å². The van der Waals surface area contributed by atoms with E-state index in [1.165, 1.54) is 0 Å². The Kier molecular flexibility index (Phi) is 3.47. The summed E-state index contributed by atoms with van der Waals surface area (Å²) in [5.41, 5.74) is -3.41. The van der Waals surface area contributed by atoms with Gasteiger partial charge in [0.05, 0.1) is 17.0 Å². The van der Waals surface area contributed by atoms with E-state index in [0.29, 0.717) is 0 Å². The van der Waals surface area contributed by atoms with Gasteiger partial charge in [-0.1, -0.05) is 6.07 Å². The molecule has 1 heterocycles. The second kappa shape index (κ2) is 4.82. The van der Waals surface area contributed by atoms with E-state index in [1.54, 1.807) is 0 Å². The van der Waals surface area contributed by atoms with Gasteiger partial charge >= 0.3 is 12.1 Å². The van der Waals surface area contributed by atoms with E-state index in [9.17, 15) is 22.8 Å². The molecule has 2 aromatic rings. The predicted octanol–water partition coefficient (Wildman–Crippen LogP) is 2.98. The second-order valence-electron chi connectivity index (χ2n) is 3.97. The molecule has 0 fully saturated rings. The maximum atomic E-state index is 12.9. The van der Waals surface area contributed by atoms with Gasteiger partial charge < -0.3 is 10.1 Å². The summed E-state index contributed by atoms with van der Waals surface area (Å²) >= 11 is 5.50. The van der Waals surface area contributed by atoms with Crippen molar-refractivity contribution >= 4 is 28.5 Å². The molecule has 0 saturated heterocycles. The minimum atomic E-state index is -4.67. The highest BCUT2D eigenvalue weighted by Gasteiger charge is 2.34. The Bertz CT molecular complexity index is 752. The first-order valence-corrected chi connectivity index (χ1v) is 5.85. The number of pyridine rings is 1. The van der Waals surface area contributed by atoms with Crippen molar-refractivity contribution in [2.24, 2.45) is 0 Å². The average Bonchev–Trinajstić information content (AvgIpc) is 2.36. The fourth-order valence-electron chi connectivity index (χ4n) is 1.92. The van der Waals surface area contributed by atoms with Crippen molar-refractivity contribution in [2.75, 3.05) is 0 Å². The number of hydrogen-bond donors (Lipinski definition) is 2. The van der Waals surface area contributed by atoms with Crippen molar-refractivity contribution < 1.29 is 23.1 Å². The summed E-state index contributed by atoms with van der Waals surface area (Å²) in [6, 6.07) is 2.98. The monoisotopic (exact) mass is 305 g/mol. The minimum absolute atomic E-state index is 0.256. The van der Waals surface area contributed by atoms with E-state index in [4.69, 9.17) is 16.7 Å². The first-order chi connectivity index (χ1) is 9.27. The third-order valence-electron chi connectivity index (χ3n) is 2.77. The van der Waals surface area contributed by atoms with Crippen LogP contribution in [-0.2, 0) is 12.1 Å². The topological polar surface area (TPSA) is 70.2 Å². The molecule has 1 aromatic heterocycles. The molecule has 106 valence electrons. The Morgan fingerprint density at radius 2 is 2.00 bits per heavy atom. The van der Waals surface area contributed by atoms with Gasteiger partial charge in [0.1, 0.15) is 5.56 Å². The molecule has 0 saturated carbocycles. The van der Waals surface area contributed by atoms with Crippen LogP contribution in [0.4, 0.5) is 13.2 Å². The number of aromatic amines is 1. The molecule has 2 rings (SSSR count). The smallest absolute Gasteiger partial charge is 0.418 e. The summed E-state index contributed by atoms with van der Waals surface area (Å²) in [6.07, 6.45) is -4.67. The molecule has 0 aliphatic carbocycles. The van der Waals surface area contributed by atoms with Gasteiger partial charge in [-0.25, -0.2) is 4.79 Å². The van der Waals surface area contributed by atoms with Crippen molar-refractivity contribution in [2.45, 2.75) is 12.1 Å². The number of fused-ring (bicyclic) bond motifs is 1. The Morgan fingerprint density at radius 1 is 1.35 bits per heavy atom. The Balaban J connectivity index is 2.98. The van der Waals surface area contributed by atoms with Crippen LogP contribution < -0.4 is 5.43 Å². The number of aromatic nitrogens is 1. The molecule has 0 aliphatic heterocycles. The zero-order chi connectivity index (χ0) is 15.1.